The van der Waals surface area contributed by atoms with E-state index in [0.717, 1.165) is 4.90 Å². The fourth-order valence-corrected chi connectivity index (χ4v) is 3.26. The molecule has 0 atom stereocenters. The fraction of sp³-hybridized carbons (Fsp3) is 0.158. The molecule has 1 aromatic heterocycles. The van der Waals surface area contributed by atoms with E-state index < -0.39 is 11.5 Å². The minimum absolute atomic E-state index is 0.0294. The highest BCUT2D eigenvalue weighted by Gasteiger charge is 2.22. The van der Waals surface area contributed by atoms with Crippen molar-refractivity contribution in [3.63, 3.8) is 0 Å². The molecule has 0 saturated carbocycles. The normalized spacial score (nSPS) is 10.8. The van der Waals surface area contributed by atoms with Gasteiger partial charge in [-0.1, -0.05) is 24.3 Å². The van der Waals surface area contributed by atoms with Gasteiger partial charge in [-0.3, -0.25) is 9.59 Å². The first-order chi connectivity index (χ1) is 12.1. The van der Waals surface area contributed by atoms with Crippen molar-refractivity contribution in [3.05, 3.63) is 70.0 Å². The number of fused-ring (bicyclic) bond motifs is 1. The number of pyridine rings is 1. The molecule has 2 N–H and O–H groups in total. The third-order valence-corrected chi connectivity index (χ3v) is 4.87. The number of aliphatic hydroxyl groups excluding tert-OH is 1. The maximum Gasteiger partial charge on any atom is 0.264 e. The zero-order valence-electron chi connectivity index (χ0n) is 13.9. The lowest BCUT2D eigenvalue weighted by Gasteiger charge is -2.19. The summed E-state index contributed by atoms with van der Waals surface area (Å²) in [7, 11) is 1.62. The third-order valence-electron chi connectivity index (χ3n) is 4.15. The Labute approximate surface area is 149 Å². The Morgan fingerprint density at radius 2 is 1.96 bits per heavy atom. The van der Waals surface area contributed by atoms with Gasteiger partial charge in [-0.05, 0) is 30.5 Å². The fourth-order valence-electron chi connectivity index (χ4n) is 2.81. The van der Waals surface area contributed by atoms with Crippen LogP contribution in [-0.2, 0) is 6.61 Å². The molecule has 0 aliphatic rings. The Kier molecular flexibility index (Phi) is 4.92. The first-order valence-corrected chi connectivity index (χ1v) is 8.96. The molecule has 25 heavy (non-hydrogen) atoms. The number of thioether (sulfide) groups is 1. The van der Waals surface area contributed by atoms with Crippen LogP contribution >= 0.6 is 11.8 Å². The van der Waals surface area contributed by atoms with E-state index in [1.54, 1.807) is 43.1 Å². The number of aliphatic hydroxyl groups is 1. The number of anilines is 1. The minimum Gasteiger partial charge on any atom is -0.392 e. The van der Waals surface area contributed by atoms with E-state index in [4.69, 9.17) is 0 Å². The Balaban J connectivity index is 2.13. The van der Waals surface area contributed by atoms with Gasteiger partial charge < -0.3 is 15.0 Å². The SMILES string of the molecule is CSc1cccc(N(C)C(=O)c2c(CO)c3ccccc3[nH]c2=O)c1. The highest BCUT2D eigenvalue weighted by Crippen LogP contribution is 2.24. The van der Waals surface area contributed by atoms with E-state index in [-0.39, 0.29) is 12.2 Å². The van der Waals surface area contributed by atoms with Gasteiger partial charge in [0.1, 0.15) is 5.56 Å². The number of hydrogen-bond acceptors (Lipinski definition) is 4. The molecular weight excluding hydrogens is 336 g/mol. The summed E-state index contributed by atoms with van der Waals surface area (Å²) in [5.41, 5.74) is 1.10. The highest BCUT2D eigenvalue weighted by atomic mass is 32.2. The number of amides is 1. The molecule has 6 heteroatoms. The number of rotatable bonds is 4. The van der Waals surface area contributed by atoms with Crippen molar-refractivity contribution in [2.45, 2.75) is 11.5 Å². The Bertz CT molecular complexity index is 997. The van der Waals surface area contributed by atoms with Crippen LogP contribution in [0.3, 0.4) is 0 Å². The number of hydrogen-bond donors (Lipinski definition) is 2. The van der Waals surface area contributed by atoms with Crippen molar-refractivity contribution in [1.29, 1.82) is 0 Å². The predicted octanol–water partition coefficient (Wildman–Crippen LogP) is 3.02. The zero-order chi connectivity index (χ0) is 18.0. The standard InChI is InChI=1S/C19H18N2O3S/c1-21(12-6-5-7-13(10-12)25-2)19(24)17-15(11-22)14-8-3-4-9-16(14)20-18(17)23/h3-10,22H,11H2,1-2H3,(H,20,23). The van der Waals surface area contributed by atoms with Crippen LogP contribution in [0.15, 0.2) is 58.2 Å². The van der Waals surface area contributed by atoms with Gasteiger partial charge in [0.25, 0.3) is 11.5 Å². The van der Waals surface area contributed by atoms with Gasteiger partial charge in [-0.15, -0.1) is 11.8 Å². The summed E-state index contributed by atoms with van der Waals surface area (Å²) in [5, 5.41) is 10.5. The molecule has 0 radical (unpaired) electrons. The Morgan fingerprint density at radius 1 is 1.20 bits per heavy atom. The second-order valence-corrected chi connectivity index (χ2v) is 6.46. The monoisotopic (exact) mass is 354 g/mol. The Hall–Kier alpha value is -2.57. The molecule has 0 bridgehead atoms. The molecule has 0 aliphatic carbocycles. The van der Waals surface area contributed by atoms with Crippen LogP contribution in [0.25, 0.3) is 10.9 Å². The second kappa shape index (κ2) is 7.13. The molecule has 0 aliphatic heterocycles. The summed E-state index contributed by atoms with van der Waals surface area (Å²) in [6.07, 6.45) is 1.96. The molecular formula is C19H18N2O3S. The number of aromatic amines is 1. The Morgan fingerprint density at radius 3 is 2.68 bits per heavy atom. The van der Waals surface area contributed by atoms with Crippen LogP contribution in [-0.4, -0.2) is 29.3 Å². The number of benzene rings is 2. The van der Waals surface area contributed by atoms with Gasteiger partial charge in [0.2, 0.25) is 0 Å². The van der Waals surface area contributed by atoms with Crippen molar-refractivity contribution in [2.75, 3.05) is 18.2 Å². The van der Waals surface area contributed by atoms with Crippen molar-refractivity contribution in [1.82, 2.24) is 4.98 Å². The van der Waals surface area contributed by atoms with Gasteiger partial charge in [0.15, 0.2) is 0 Å². The van der Waals surface area contributed by atoms with Gasteiger partial charge in [-0.25, -0.2) is 0 Å². The van der Waals surface area contributed by atoms with Crippen LogP contribution in [0.4, 0.5) is 5.69 Å². The van der Waals surface area contributed by atoms with E-state index in [1.165, 1.54) is 4.90 Å². The molecule has 0 saturated heterocycles. The summed E-state index contributed by atoms with van der Waals surface area (Å²) in [6.45, 7) is -0.385. The first kappa shape index (κ1) is 17.3. The average molecular weight is 354 g/mol. The van der Waals surface area contributed by atoms with Crippen molar-refractivity contribution in [3.8, 4) is 0 Å². The predicted molar refractivity (Wildman–Crippen MR) is 101 cm³/mol. The lowest BCUT2D eigenvalue weighted by atomic mass is 10.0. The molecule has 3 aromatic rings. The third kappa shape index (κ3) is 3.18. The summed E-state index contributed by atoms with van der Waals surface area (Å²) >= 11 is 1.57. The zero-order valence-corrected chi connectivity index (χ0v) is 14.8. The molecule has 0 spiro atoms. The van der Waals surface area contributed by atoms with Crippen LogP contribution < -0.4 is 10.5 Å². The number of nitrogens with one attached hydrogen (secondary N) is 1. The number of carbonyl (C=O) groups is 1. The maximum atomic E-state index is 13.0. The van der Waals surface area contributed by atoms with Crippen LogP contribution in [0.5, 0.6) is 0 Å². The maximum absolute atomic E-state index is 13.0. The van der Waals surface area contributed by atoms with Crippen molar-refractivity contribution < 1.29 is 9.90 Å². The molecule has 2 aromatic carbocycles. The molecule has 0 unspecified atom stereocenters. The van der Waals surface area contributed by atoms with Gasteiger partial charge in [0, 0.05) is 34.1 Å². The molecule has 1 heterocycles. The summed E-state index contributed by atoms with van der Waals surface area (Å²) in [5.74, 6) is -0.450. The molecule has 3 rings (SSSR count). The number of para-hydroxylation sites is 1. The molecule has 128 valence electrons. The van der Waals surface area contributed by atoms with E-state index >= 15 is 0 Å². The van der Waals surface area contributed by atoms with Gasteiger partial charge >= 0.3 is 0 Å². The van der Waals surface area contributed by atoms with Crippen LogP contribution in [0.2, 0.25) is 0 Å². The van der Waals surface area contributed by atoms with E-state index in [9.17, 15) is 14.7 Å². The molecule has 1 amide bonds. The summed E-state index contributed by atoms with van der Waals surface area (Å²) < 4.78 is 0. The number of carbonyl (C=O) groups excluding carboxylic acids is 1. The van der Waals surface area contributed by atoms with Crippen molar-refractivity contribution >= 4 is 34.3 Å². The van der Waals surface area contributed by atoms with Gasteiger partial charge in [-0.2, -0.15) is 0 Å². The quantitative estimate of drug-likeness (QED) is 0.707. The van der Waals surface area contributed by atoms with E-state index in [0.29, 0.717) is 22.2 Å². The average Bonchev–Trinajstić information content (AvgIpc) is 2.65. The second-order valence-electron chi connectivity index (χ2n) is 5.58. The van der Waals surface area contributed by atoms with E-state index in [2.05, 4.69) is 4.98 Å². The van der Waals surface area contributed by atoms with Crippen LogP contribution in [0.1, 0.15) is 15.9 Å². The van der Waals surface area contributed by atoms with Crippen LogP contribution in [0, 0.1) is 0 Å². The first-order valence-electron chi connectivity index (χ1n) is 7.73. The summed E-state index contributed by atoms with van der Waals surface area (Å²) in [4.78, 5) is 30.6. The van der Waals surface area contributed by atoms with E-state index in [1.807, 2.05) is 30.5 Å². The lowest BCUT2D eigenvalue weighted by Crippen LogP contribution is -2.33. The largest absolute Gasteiger partial charge is 0.392 e. The van der Waals surface area contributed by atoms with Crippen molar-refractivity contribution in [2.24, 2.45) is 0 Å². The molecule has 5 nitrogen and oxygen atoms in total. The number of aromatic nitrogens is 1. The minimum atomic E-state index is -0.499. The highest BCUT2D eigenvalue weighted by molar-refractivity contribution is 7.98. The lowest BCUT2D eigenvalue weighted by molar-refractivity contribution is 0.0988. The number of nitrogens with zero attached hydrogens (tertiary/aromatic N) is 1. The topological polar surface area (TPSA) is 73.4 Å². The summed E-state index contributed by atoms with van der Waals surface area (Å²) in [6, 6.07) is 14.6. The molecule has 0 fully saturated rings. The van der Waals surface area contributed by atoms with Gasteiger partial charge in [0.05, 0.1) is 6.61 Å². The smallest absolute Gasteiger partial charge is 0.264 e. The number of H-pyrrole nitrogens is 1.